The minimum atomic E-state index is -0.549. The highest BCUT2D eigenvalue weighted by Crippen LogP contribution is 2.39. The summed E-state index contributed by atoms with van der Waals surface area (Å²) in [6.07, 6.45) is 7.38. The standard InChI is InChI=1S/C11H16ClN3O2S/c12-9-6-14(13-10(9)15(16)17)7-11(8-18)4-2-1-3-5-11/h6,18H,1-5,7-8H2. The maximum absolute atomic E-state index is 10.7. The predicted octanol–water partition coefficient (Wildman–Crippen LogP) is 3.33. The molecule has 0 spiro atoms. The Hall–Kier alpha value is -0.750. The zero-order chi connectivity index (χ0) is 13.2. The molecule has 5 nitrogen and oxygen atoms in total. The van der Waals surface area contributed by atoms with Crippen LogP contribution in [-0.4, -0.2) is 20.5 Å². The van der Waals surface area contributed by atoms with E-state index in [0.29, 0.717) is 6.54 Å². The van der Waals surface area contributed by atoms with Crippen LogP contribution < -0.4 is 0 Å². The molecule has 0 saturated heterocycles. The number of hydrogen-bond donors (Lipinski definition) is 1. The summed E-state index contributed by atoms with van der Waals surface area (Å²) in [5.74, 6) is 0.514. The van der Waals surface area contributed by atoms with Gasteiger partial charge in [0, 0.05) is 5.41 Å². The first-order chi connectivity index (χ1) is 8.56. The van der Waals surface area contributed by atoms with Gasteiger partial charge in [-0.3, -0.25) is 0 Å². The minimum Gasteiger partial charge on any atom is -0.358 e. The Morgan fingerprint density at radius 2 is 2.17 bits per heavy atom. The largest absolute Gasteiger partial charge is 0.408 e. The van der Waals surface area contributed by atoms with Crippen LogP contribution in [0.2, 0.25) is 5.02 Å². The van der Waals surface area contributed by atoms with Gasteiger partial charge >= 0.3 is 5.82 Å². The lowest BCUT2D eigenvalue weighted by atomic mass is 9.75. The van der Waals surface area contributed by atoms with Gasteiger partial charge in [0.15, 0.2) is 5.02 Å². The van der Waals surface area contributed by atoms with E-state index in [1.54, 1.807) is 10.9 Å². The van der Waals surface area contributed by atoms with Crippen LogP contribution in [0.4, 0.5) is 5.82 Å². The summed E-state index contributed by atoms with van der Waals surface area (Å²) in [6, 6.07) is 0. The van der Waals surface area contributed by atoms with Gasteiger partial charge in [-0.1, -0.05) is 30.9 Å². The fourth-order valence-electron chi connectivity index (χ4n) is 2.60. The molecule has 0 radical (unpaired) electrons. The predicted molar refractivity (Wildman–Crippen MR) is 73.3 cm³/mol. The van der Waals surface area contributed by atoms with Gasteiger partial charge in [0.25, 0.3) is 0 Å². The monoisotopic (exact) mass is 289 g/mol. The molecule has 100 valence electrons. The van der Waals surface area contributed by atoms with Crippen LogP contribution in [0.15, 0.2) is 6.20 Å². The van der Waals surface area contributed by atoms with Gasteiger partial charge < -0.3 is 10.1 Å². The van der Waals surface area contributed by atoms with Gasteiger partial charge in [-0.05, 0) is 23.5 Å². The molecule has 0 aliphatic heterocycles. The number of nitro groups is 1. The molecule has 0 N–H and O–H groups in total. The van der Waals surface area contributed by atoms with Crippen LogP contribution in [0.3, 0.4) is 0 Å². The van der Waals surface area contributed by atoms with Gasteiger partial charge in [0.05, 0.1) is 17.8 Å². The van der Waals surface area contributed by atoms with Crippen LogP contribution in [0, 0.1) is 15.5 Å². The summed E-state index contributed by atoms with van der Waals surface area (Å²) in [7, 11) is 0. The van der Waals surface area contributed by atoms with Crippen LogP contribution in [0.1, 0.15) is 32.1 Å². The van der Waals surface area contributed by atoms with Gasteiger partial charge in [0.2, 0.25) is 0 Å². The molecule has 1 heterocycles. The van der Waals surface area contributed by atoms with E-state index >= 15 is 0 Å². The third-order valence-electron chi connectivity index (χ3n) is 3.62. The SMILES string of the molecule is O=[N+]([O-])c1nn(CC2(CS)CCCCC2)cc1Cl. The van der Waals surface area contributed by atoms with Crippen LogP contribution in [-0.2, 0) is 6.54 Å². The summed E-state index contributed by atoms with van der Waals surface area (Å²) in [6.45, 7) is 0.657. The number of halogens is 1. The molecular weight excluding hydrogens is 274 g/mol. The molecular formula is C11H16ClN3O2S. The fourth-order valence-corrected chi connectivity index (χ4v) is 3.24. The molecule has 1 saturated carbocycles. The number of thiol groups is 1. The van der Waals surface area contributed by atoms with E-state index in [1.807, 2.05) is 0 Å². The Labute approximate surface area is 116 Å². The quantitative estimate of drug-likeness (QED) is 0.525. The zero-order valence-electron chi connectivity index (χ0n) is 10.0. The Balaban J connectivity index is 2.16. The molecule has 0 bridgehead atoms. The molecule has 1 fully saturated rings. The first-order valence-corrected chi connectivity index (χ1v) is 7.06. The second kappa shape index (κ2) is 5.48. The van der Waals surface area contributed by atoms with Crippen molar-refractivity contribution in [2.45, 2.75) is 38.6 Å². The second-order valence-electron chi connectivity index (χ2n) is 4.97. The summed E-state index contributed by atoms with van der Waals surface area (Å²) in [4.78, 5) is 10.2. The number of nitrogens with zero attached hydrogens (tertiary/aromatic N) is 3. The van der Waals surface area contributed by atoms with Crippen molar-refractivity contribution >= 4 is 30.0 Å². The van der Waals surface area contributed by atoms with Gasteiger partial charge in [-0.25, -0.2) is 0 Å². The van der Waals surface area contributed by atoms with Crippen molar-refractivity contribution in [1.82, 2.24) is 9.78 Å². The van der Waals surface area contributed by atoms with Crippen LogP contribution >= 0.6 is 24.2 Å². The number of hydrogen-bond acceptors (Lipinski definition) is 4. The van der Waals surface area contributed by atoms with E-state index in [9.17, 15) is 10.1 Å². The van der Waals surface area contributed by atoms with Crippen molar-refractivity contribution < 1.29 is 4.92 Å². The lowest BCUT2D eigenvalue weighted by molar-refractivity contribution is -0.389. The number of aromatic nitrogens is 2. The number of rotatable bonds is 4. The summed E-state index contributed by atoms with van der Waals surface area (Å²) >= 11 is 10.2. The van der Waals surface area contributed by atoms with Crippen LogP contribution in [0.5, 0.6) is 0 Å². The molecule has 1 aliphatic carbocycles. The lowest BCUT2D eigenvalue weighted by Gasteiger charge is -2.34. The fraction of sp³-hybridized carbons (Fsp3) is 0.727. The average molecular weight is 290 g/mol. The normalized spacial score (nSPS) is 18.8. The van der Waals surface area contributed by atoms with Crippen molar-refractivity contribution in [3.63, 3.8) is 0 Å². The maximum Gasteiger partial charge on any atom is 0.408 e. The molecule has 0 atom stereocenters. The summed E-state index contributed by atoms with van der Waals surface area (Å²) < 4.78 is 1.60. The van der Waals surface area contributed by atoms with E-state index in [2.05, 4.69) is 17.7 Å². The van der Waals surface area contributed by atoms with Crippen molar-refractivity contribution in [2.75, 3.05) is 5.75 Å². The average Bonchev–Trinajstić information content (AvgIpc) is 2.71. The molecule has 2 rings (SSSR count). The Morgan fingerprint density at radius 3 is 2.67 bits per heavy atom. The van der Waals surface area contributed by atoms with Crippen molar-refractivity contribution in [1.29, 1.82) is 0 Å². The zero-order valence-corrected chi connectivity index (χ0v) is 11.7. The molecule has 1 aliphatic rings. The van der Waals surface area contributed by atoms with E-state index in [1.165, 1.54) is 19.3 Å². The highest BCUT2D eigenvalue weighted by molar-refractivity contribution is 7.80. The van der Waals surface area contributed by atoms with Crippen molar-refractivity contribution in [2.24, 2.45) is 5.41 Å². The van der Waals surface area contributed by atoms with Crippen molar-refractivity contribution in [3.8, 4) is 0 Å². The third kappa shape index (κ3) is 2.80. The lowest BCUT2D eigenvalue weighted by Crippen LogP contribution is -2.31. The molecule has 1 aromatic rings. The molecule has 7 heteroatoms. The van der Waals surface area contributed by atoms with Crippen LogP contribution in [0.25, 0.3) is 0 Å². The van der Waals surface area contributed by atoms with Gasteiger partial charge in [-0.2, -0.15) is 17.3 Å². The molecule has 0 unspecified atom stereocenters. The van der Waals surface area contributed by atoms with Crippen molar-refractivity contribution in [3.05, 3.63) is 21.3 Å². The molecule has 0 aromatic carbocycles. The third-order valence-corrected chi connectivity index (χ3v) is 4.56. The maximum atomic E-state index is 10.7. The topological polar surface area (TPSA) is 61.0 Å². The molecule has 1 aromatic heterocycles. The van der Waals surface area contributed by atoms with E-state index < -0.39 is 4.92 Å². The first-order valence-electron chi connectivity index (χ1n) is 6.04. The smallest absolute Gasteiger partial charge is 0.358 e. The Kier molecular flexibility index (Phi) is 4.17. The summed E-state index contributed by atoms with van der Waals surface area (Å²) in [5.41, 5.74) is 0.102. The second-order valence-corrected chi connectivity index (χ2v) is 5.70. The van der Waals surface area contributed by atoms with E-state index in [0.717, 1.165) is 18.6 Å². The Morgan fingerprint density at radius 1 is 1.50 bits per heavy atom. The molecule has 18 heavy (non-hydrogen) atoms. The summed E-state index contributed by atoms with van der Waals surface area (Å²) in [5, 5.41) is 14.8. The van der Waals surface area contributed by atoms with E-state index in [-0.39, 0.29) is 16.3 Å². The highest BCUT2D eigenvalue weighted by Gasteiger charge is 2.33. The first kappa shape index (κ1) is 13.7. The van der Waals surface area contributed by atoms with E-state index in [4.69, 9.17) is 11.6 Å². The Bertz CT molecular complexity index is 443. The minimum absolute atomic E-state index is 0.102. The van der Waals surface area contributed by atoms with Gasteiger partial charge in [0.1, 0.15) is 0 Å². The highest BCUT2D eigenvalue weighted by atomic mass is 35.5. The molecule has 0 amide bonds. The van der Waals surface area contributed by atoms with Gasteiger partial charge in [-0.15, -0.1) is 0 Å².